The van der Waals surface area contributed by atoms with E-state index in [0.29, 0.717) is 22.8 Å². The van der Waals surface area contributed by atoms with Crippen LogP contribution < -0.4 is 15.8 Å². The summed E-state index contributed by atoms with van der Waals surface area (Å²) >= 11 is 6.10. The molecular formula is C21H22ClFN4O2. The number of rotatable bonds is 9. The van der Waals surface area contributed by atoms with Crippen LogP contribution in [0.15, 0.2) is 55.0 Å². The van der Waals surface area contributed by atoms with Gasteiger partial charge in [-0.1, -0.05) is 35.9 Å². The minimum Gasteiger partial charge on any atom is -0.489 e. The Bertz CT molecular complexity index is 992. The monoisotopic (exact) mass is 416 g/mol. The Morgan fingerprint density at radius 1 is 1.31 bits per heavy atom. The molecule has 0 aliphatic carbocycles. The number of carbonyl (C=O) groups is 1. The Morgan fingerprint density at radius 3 is 2.76 bits per heavy atom. The molecule has 0 spiro atoms. The van der Waals surface area contributed by atoms with Gasteiger partial charge in [0.2, 0.25) is 5.91 Å². The predicted molar refractivity (Wildman–Crippen MR) is 109 cm³/mol. The van der Waals surface area contributed by atoms with E-state index >= 15 is 0 Å². The molecule has 8 heteroatoms. The van der Waals surface area contributed by atoms with Crippen LogP contribution in [0.2, 0.25) is 5.02 Å². The number of hydrogen-bond donors (Lipinski definition) is 2. The first-order chi connectivity index (χ1) is 13.9. The SMILES string of the molecule is Cn1cnc(CC(NCc2ccc(OCc3ccccc3Cl)cc2F)C(N)=O)c1. The third-order valence-corrected chi connectivity index (χ3v) is 4.80. The average Bonchev–Trinajstić information content (AvgIpc) is 3.10. The second kappa shape index (κ2) is 9.54. The lowest BCUT2D eigenvalue weighted by molar-refractivity contribution is -0.120. The number of nitrogens with two attached hydrogens (primary N) is 1. The van der Waals surface area contributed by atoms with Crippen molar-refractivity contribution in [3.8, 4) is 5.75 Å². The van der Waals surface area contributed by atoms with E-state index in [0.717, 1.165) is 11.3 Å². The van der Waals surface area contributed by atoms with Gasteiger partial charge < -0.3 is 20.4 Å². The van der Waals surface area contributed by atoms with Gasteiger partial charge in [-0.05, 0) is 12.1 Å². The molecule has 1 aromatic heterocycles. The molecule has 0 saturated heterocycles. The van der Waals surface area contributed by atoms with Crippen LogP contribution in [-0.2, 0) is 31.4 Å². The number of nitrogens with one attached hydrogen (secondary N) is 1. The summed E-state index contributed by atoms with van der Waals surface area (Å²) in [5, 5.41) is 3.59. The Hall–Kier alpha value is -2.90. The van der Waals surface area contributed by atoms with Gasteiger partial charge in [-0.3, -0.25) is 4.79 Å². The smallest absolute Gasteiger partial charge is 0.234 e. The largest absolute Gasteiger partial charge is 0.489 e. The van der Waals surface area contributed by atoms with Crippen LogP contribution in [-0.4, -0.2) is 21.5 Å². The van der Waals surface area contributed by atoms with Crippen molar-refractivity contribution in [2.75, 3.05) is 0 Å². The van der Waals surface area contributed by atoms with Gasteiger partial charge in [0, 0.05) is 48.4 Å². The van der Waals surface area contributed by atoms with Crippen molar-refractivity contribution in [1.29, 1.82) is 0 Å². The molecule has 152 valence electrons. The summed E-state index contributed by atoms with van der Waals surface area (Å²) in [6.07, 6.45) is 3.79. The van der Waals surface area contributed by atoms with E-state index in [9.17, 15) is 9.18 Å². The molecule has 1 amide bonds. The summed E-state index contributed by atoms with van der Waals surface area (Å²) < 4.78 is 21.9. The number of carbonyl (C=O) groups excluding carboxylic acids is 1. The zero-order valence-electron chi connectivity index (χ0n) is 15.9. The summed E-state index contributed by atoms with van der Waals surface area (Å²) in [5.41, 5.74) is 7.42. The predicted octanol–water partition coefficient (Wildman–Crippen LogP) is 2.98. The standard InChI is InChI=1S/C21H22ClFN4O2/c1-27-11-16(26-13-27)8-20(21(24)28)25-10-14-6-7-17(9-19(14)23)29-12-15-4-2-3-5-18(15)22/h2-7,9,11,13,20,25H,8,10,12H2,1H3,(H2,24,28). The molecule has 1 heterocycles. The highest BCUT2D eigenvalue weighted by atomic mass is 35.5. The van der Waals surface area contributed by atoms with E-state index < -0.39 is 17.8 Å². The number of halogens is 2. The van der Waals surface area contributed by atoms with Gasteiger partial charge in [0.15, 0.2) is 0 Å². The molecule has 1 atom stereocenters. The highest BCUT2D eigenvalue weighted by molar-refractivity contribution is 6.31. The van der Waals surface area contributed by atoms with Gasteiger partial charge in [-0.25, -0.2) is 9.37 Å². The zero-order valence-corrected chi connectivity index (χ0v) is 16.7. The molecule has 29 heavy (non-hydrogen) atoms. The first kappa shape index (κ1) is 20.8. The number of hydrogen-bond acceptors (Lipinski definition) is 4. The summed E-state index contributed by atoms with van der Waals surface area (Å²) in [4.78, 5) is 15.9. The third kappa shape index (κ3) is 5.79. The van der Waals surface area contributed by atoms with Crippen molar-refractivity contribution in [2.24, 2.45) is 12.8 Å². The van der Waals surface area contributed by atoms with E-state index in [-0.39, 0.29) is 13.2 Å². The van der Waals surface area contributed by atoms with Crippen LogP contribution in [0, 0.1) is 5.82 Å². The molecule has 6 nitrogen and oxygen atoms in total. The molecule has 0 aliphatic rings. The maximum atomic E-state index is 14.5. The van der Waals surface area contributed by atoms with Gasteiger partial charge in [0.05, 0.1) is 18.1 Å². The Balaban J connectivity index is 1.59. The highest BCUT2D eigenvalue weighted by Crippen LogP contribution is 2.21. The van der Waals surface area contributed by atoms with Crippen LogP contribution in [0.25, 0.3) is 0 Å². The van der Waals surface area contributed by atoms with Crippen LogP contribution in [0.1, 0.15) is 16.8 Å². The zero-order chi connectivity index (χ0) is 20.8. The van der Waals surface area contributed by atoms with Crippen molar-refractivity contribution in [3.63, 3.8) is 0 Å². The van der Waals surface area contributed by atoms with E-state index in [1.54, 1.807) is 29.1 Å². The van der Waals surface area contributed by atoms with Crippen LogP contribution >= 0.6 is 11.6 Å². The van der Waals surface area contributed by atoms with Crippen LogP contribution in [0.4, 0.5) is 4.39 Å². The molecular weight excluding hydrogens is 395 g/mol. The molecule has 0 aliphatic heterocycles. The van der Waals surface area contributed by atoms with E-state index in [1.807, 2.05) is 31.4 Å². The molecule has 2 aromatic carbocycles. The van der Waals surface area contributed by atoms with Gasteiger partial charge in [-0.2, -0.15) is 0 Å². The molecule has 3 N–H and O–H groups in total. The summed E-state index contributed by atoms with van der Waals surface area (Å²) in [7, 11) is 1.84. The Kier molecular flexibility index (Phi) is 6.85. The van der Waals surface area contributed by atoms with Crippen molar-refractivity contribution in [2.45, 2.75) is 25.6 Å². The maximum absolute atomic E-state index is 14.5. The number of amides is 1. The molecule has 3 rings (SSSR count). The normalized spacial score (nSPS) is 12.0. The van der Waals surface area contributed by atoms with E-state index in [4.69, 9.17) is 22.1 Å². The second-order valence-corrected chi connectivity index (χ2v) is 7.11. The van der Waals surface area contributed by atoms with Crippen molar-refractivity contribution < 1.29 is 13.9 Å². The van der Waals surface area contributed by atoms with E-state index in [1.165, 1.54) is 6.07 Å². The van der Waals surface area contributed by atoms with Crippen molar-refractivity contribution in [3.05, 3.63) is 82.6 Å². The fourth-order valence-electron chi connectivity index (χ4n) is 2.83. The van der Waals surface area contributed by atoms with Gasteiger partial charge in [0.1, 0.15) is 18.2 Å². The summed E-state index contributed by atoms with van der Waals surface area (Å²) in [6.45, 7) is 0.390. The number of aromatic nitrogens is 2. The topological polar surface area (TPSA) is 82.2 Å². The lowest BCUT2D eigenvalue weighted by atomic mass is 10.1. The minimum absolute atomic E-state index is 0.150. The van der Waals surface area contributed by atoms with Crippen molar-refractivity contribution in [1.82, 2.24) is 14.9 Å². The second-order valence-electron chi connectivity index (χ2n) is 6.70. The minimum atomic E-state index is -0.652. The first-order valence-electron chi connectivity index (χ1n) is 9.06. The fraction of sp³-hybridized carbons (Fsp3) is 0.238. The fourth-order valence-corrected chi connectivity index (χ4v) is 3.02. The summed E-state index contributed by atoms with van der Waals surface area (Å²) in [6, 6.07) is 11.3. The van der Waals surface area contributed by atoms with Crippen molar-refractivity contribution >= 4 is 17.5 Å². The van der Waals surface area contributed by atoms with Gasteiger partial charge in [-0.15, -0.1) is 0 Å². The quantitative estimate of drug-likeness (QED) is 0.561. The molecule has 0 bridgehead atoms. The molecule has 3 aromatic rings. The number of aryl methyl sites for hydroxylation is 1. The molecule has 0 radical (unpaired) electrons. The average molecular weight is 417 g/mol. The Labute approximate surface area is 173 Å². The molecule has 0 saturated carbocycles. The van der Waals surface area contributed by atoms with Gasteiger partial charge in [0.25, 0.3) is 0 Å². The molecule has 0 fully saturated rings. The highest BCUT2D eigenvalue weighted by Gasteiger charge is 2.17. The molecule has 1 unspecified atom stereocenters. The van der Waals surface area contributed by atoms with Crippen LogP contribution in [0.3, 0.4) is 0 Å². The number of nitrogens with zero attached hydrogens (tertiary/aromatic N) is 2. The number of ether oxygens (including phenoxy) is 1. The number of primary amides is 1. The summed E-state index contributed by atoms with van der Waals surface area (Å²) in [5.74, 6) is -0.558. The Morgan fingerprint density at radius 2 is 2.10 bits per heavy atom. The lowest BCUT2D eigenvalue weighted by Crippen LogP contribution is -2.42. The maximum Gasteiger partial charge on any atom is 0.234 e. The third-order valence-electron chi connectivity index (χ3n) is 4.43. The first-order valence-corrected chi connectivity index (χ1v) is 9.44. The lowest BCUT2D eigenvalue weighted by Gasteiger charge is -2.15. The van der Waals surface area contributed by atoms with Crippen LogP contribution in [0.5, 0.6) is 5.75 Å². The van der Waals surface area contributed by atoms with E-state index in [2.05, 4.69) is 10.3 Å². The van der Waals surface area contributed by atoms with Gasteiger partial charge >= 0.3 is 0 Å². The number of benzene rings is 2. The number of imidazole rings is 1.